The Labute approximate surface area is 79.5 Å². The molecule has 0 aromatic rings. The first-order chi connectivity index (χ1) is 3.68. The van der Waals surface area contributed by atoms with Crippen LogP contribution in [-0.4, -0.2) is 51.5 Å². The summed E-state index contributed by atoms with van der Waals surface area (Å²) in [4.78, 5) is 19.8. The monoisotopic (exact) mass is 158 g/mol. The van der Waals surface area contributed by atoms with E-state index >= 15 is 0 Å². The van der Waals surface area contributed by atoms with Gasteiger partial charge in [0.05, 0.1) is 0 Å². The first kappa shape index (κ1) is 12.2. The third-order valence-electron chi connectivity index (χ3n) is 0.450. The van der Waals surface area contributed by atoms with E-state index in [0.29, 0.717) is 5.75 Å². The van der Waals surface area contributed by atoms with Crippen LogP contribution in [0.2, 0.25) is 0 Å². The van der Waals surface area contributed by atoms with Gasteiger partial charge in [-0.2, -0.15) is 0 Å². The number of carbonyl (C=O) groups excluding carboxylic acids is 1. The van der Waals surface area contributed by atoms with Crippen LogP contribution in [0.3, 0.4) is 0 Å². The van der Waals surface area contributed by atoms with Crippen molar-refractivity contribution in [3.63, 3.8) is 0 Å². The van der Waals surface area contributed by atoms with E-state index in [4.69, 9.17) is 5.11 Å². The molecule has 0 fully saturated rings. The summed E-state index contributed by atoms with van der Waals surface area (Å²) in [6.07, 6.45) is 0. The van der Waals surface area contributed by atoms with Gasteiger partial charge in [-0.1, -0.05) is 18.7 Å². The zero-order valence-corrected chi connectivity index (χ0v) is 5.20. The molecule has 0 aromatic heterocycles. The molecule has 5 heteroatoms. The van der Waals surface area contributed by atoms with Crippen molar-refractivity contribution in [2.24, 2.45) is 0 Å². The summed E-state index contributed by atoms with van der Waals surface area (Å²) < 4.78 is 0. The van der Waals surface area contributed by atoms with Gasteiger partial charge in [-0.25, -0.2) is 4.79 Å². The van der Waals surface area contributed by atoms with Crippen LogP contribution in [0.25, 0.3) is 0 Å². The molecule has 0 heterocycles. The number of aliphatic carboxylic acids is 1. The van der Waals surface area contributed by atoms with Crippen molar-refractivity contribution in [3.8, 4) is 0 Å². The van der Waals surface area contributed by atoms with Crippen LogP contribution in [0.5, 0.6) is 0 Å². The van der Waals surface area contributed by atoms with Crippen molar-refractivity contribution in [2.45, 2.75) is 6.92 Å². The van der Waals surface area contributed by atoms with Crippen molar-refractivity contribution in [1.82, 2.24) is 0 Å². The summed E-state index contributed by atoms with van der Waals surface area (Å²) >= 11 is 0.801. The first-order valence-electron chi connectivity index (χ1n) is 2.08. The summed E-state index contributed by atoms with van der Waals surface area (Å²) in [6.45, 7) is 1.73. The molecule has 0 saturated heterocycles. The second-order valence-electron chi connectivity index (χ2n) is 1.03. The maximum atomic E-state index is 10.1. The van der Waals surface area contributed by atoms with Crippen molar-refractivity contribution in [3.05, 3.63) is 0 Å². The molecule has 48 valence electrons. The minimum absolute atomic E-state index is 0. The van der Waals surface area contributed by atoms with Gasteiger partial charge in [0.15, 0.2) is 0 Å². The van der Waals surface area contributed by atoms with E-state index in [1.165, 1.54) is 0 Å². The molecular weight excluding hydrogens is 151 g/mol. The van der Waals surface area contributed by atoms with Crippen LogP contribution < -0.4 is 0 Å². The van der Waals surface area contributed by atoms with Gasteiger partial charge in [0, 0.05) is 0 Å². The van der Waals surface area contributed by atoms with Crippen molar-refractivity contribution < 1.29 is 14.7 Å². The molecule has 0 rings (SSSR count). The third kappa shape index (κ3) is 6.37. The topological polar surface area (TPSA) is 54.4 Å². The summed E-state index contributed by atoms with van der Waals surface area (Å²) in [5, 5.41) is 7.16. The van der Waals surface area contributed by atoms with Crippen molar-refractivity contribution >= 4 is 52.4 Å². The van der Waals surface area contributed by atoms with Crippen molar-refractivity contribution in [1.29, 1.82) is 0 Å². The first-order valence-corrected chi connectivity index (χ1v) is 3.07. The van der Waals surface area contributed by atoms with E-state index in [1.807, 2.05) is 0 Å². The average molecular weight is 158 g/mol. The number of carboxylic acid groups (broad SMARTS) is 1. The maximum absolute atomic E-state index is 10.1. The van der Waals surface area contributed by atoms with Gasteiger partial charge in [0.1, 0.15) is 0 Å². The molecule has 0 aliphatic rings. The van der Waals surface area contributed by atoms with E-state index in [2.05, 4.69) is 0 Å². The number of rotatable bonds is 1. The quantitative estimate of drug-likeness (QED) is 0.420. The van der Waals surface area contributed by atoms with Crippen LogP contribution in [0, 0.1) is 0 Å². The third-order valence-corrected chi connectivity index (χ3v) is 1.18. The van der Waals surface area contributed by atoms with E-state index in [-0.39, 0.29) is 29.6 Å². The predicted octanol–water partition coefficient (Wildman–Crippen LogP) is -0.298. The number of carbonyl (C=O) groups is 2. The standard InChI is InChI=1S/C4H6O3S.Na.H/c1-2-8-4(7)3(5)6;;/h2H2,1H3,(H,5,6);;. The van der Waals surface area contributed by atoms with Gasteiger partial charge in [0.2, 0.25) is 0 Å². The SMILES string of the molecule is CCSC(=O)C(=O)O.[NaH]. The Hall–Kier alpha value is 0.490. The van der Waals surface area contributed by atoms with Crippen LogP contribution >= 0.6 is 11.8 Å². The molecule has 9 heavy (non-hydrogen) atoms. The summed E-state index contributed by atoms with van der Waals surface area (Å²) in [7, 11) is 0. The van der Waals surface area contributed by atoms with Gasteiger partial charge >= 0.3 is 35.5 Å². The van der Waals surface area contributed by atoms with E-state index in [1.54, 1.807) is 6.92 Å². The number of thioether (sulfide) groups is 1. The average Bonchev–Trinajstić information content (AvgIpc) is 1.67. The molecule has 0 aliphatic carbocycles. The number of hydrogen-bond acceptors (Lipinski definition) is 3. The predicted molar refractivity (Wildman–Crippen MR) is 37.9 cm³/mol. The summed E-state index contributed by atoms with van der Waals surface area (Å²) in [5.41, 5.74) is 0. The van der Waals surface area contributed by atoms with Crippen molar-refractivity contribution in [2.75, 3.05) is 5.75 Å². The molecule has 0 aromatic carbocycles. The minimum atomic E-state index is -1.36. The summed E-state index contributed by atoms with van der Waals surface area (Å²) in [6, 6.07) is 0. The normalized spacial score (nSPS) is 7.67. The molecule has 3 nitrogen and oxygen atoms in total. The zero-order valence-electron chi connectivity index (χ0n) is 4.38. The van der Waals surface area contributed by atoms with E-state index < -0.39 is 11.1 Å². The molecule has 0 unspecified atom stereocenters. The molecule has 0 bridgehead atoms. The second-order valence-corrected chi connectivity index (χ2v) is 2.26. The molecule has 0 saturated carbocycles. The Morgan fingerprint density at radius 3 is 2.11 bits per heavy atom. The van der Waals surface area contributed by atoms with Crippen LogP contribution in [0.1, 0.15) is 6.92 Å². The van der Waals surface area contributed by atoms with Gasteiger partial charge in [-0.3, -0.25) is 4.79 Å². The molecule has 0 aliphatic heterocycles. The molecule has 0 radical (unpaired) electrons. The zero-order chi connectivity index (χ0) is 6.57. The van der Waals surface area contributed by atoms with Crippen LogP contribution in [0.15, 0.2) is 0 Å². The fraction of sp³-hybridized carbons (Fsp3) is 0.500. The van der Waals surface area contributed by atoms with E-state index in [0.717, 1.165) is 11.8 Å². The van der Waals surface area contributed by atoms with Crippen LogP contribution in [0.4, 0.5) is 0 Å². The molecule has 0 spiro atoms. The molecule has 0 amide bonds. The molecule has 0 atom stereocenters. The molecule has 1 N–H and O–H groups in total. The second kappa shape index (κ2) is 6.61. The fourth-order valence-corrected chi connectivity index (χ4v) is 0.578. The number of hydrogen-bond donors (Lipinski definition) is 1. The van der Waals surface area contributed by atoms with Crippen LogP contribution in [-0.2, 0) is 9.59 Å². The number of carboxylic acids is 1. The van der Waals surface area contributed by atoms with Gasteiger partial charge in [0.25, 0.3) is 5.12 Å². The Morgan fingerprint density at radius 2 is 2.00 bits per heavy atom. The van der Waals surface area contributed by atoms with Gasteiger partial charge in [-0.15, -0.1) is 0 Å². The Morgan fingerprint density at radius 1 is 1.56 bits per heavy atom. The molecular formula is C4H7NaO3S. The van der Waals surface area contributed by atoms with Gasteiger partial charge < -0.3 is 5.11 Å². The Balaban J connectivity index is 0. The Bertz CT molecular complexity index is 114. The fourth-order valence-electron chi connectivity index (χ4n) is 0.193. The Kier molecular flexibility index (Phi) is 8.95. The summed E-state index contributed by atoms with van der Waals surface area (Å²) in [5.74, 6) is -0.845. The van der Waals surface area contributed by atoms with Gasteiger partial charge in [-0.05, 0) is 5.75 Å². The van der Waals surface area contributed by atoms with E-state index in [9.17, 15) is 9.59 Å².